The van der Waals surface area contributed by atoms with Crippen LogP contribution in [0.5, 0.6) is 0 Å². The number of nitro benzene ring substituents is 1. The number of carbonyl (C=O) groups is 2. The van der Waals surface area contributed by atoms with Crippen molar-refractivity contribution in [1.29, 1.82) is 0 Å². The van der Waals surface area contributed by atoms with Gasteiger partial charge in [0.15, 0.2) is 0 Å². The van der Waals surface area contributed by atoms with Crippen LogP contribution in [0.3, 0.4) is 0 Å². The van der Waals surface area contributed by atoms with Crippen molar-refractivity contribution in [3.05, 3.63) is 81.5 Å². The molecule has 8 heteroatoms. The van der Waals surface area contributed by atoms with E-state index in [2.05, 4.69) is 16.0 Å². The van der Waals surface area contributed by atoms with E-state index in [0.717, 1.165) is 0 Å². The SMILES string of the molecule is CC1=C(C(=O)Nc2ccccc2)[C@H](c2ccccc2[N+](=O)[O-])NC(=O)N1. The zero-order chi connectivity index (χ0) is 18.7. The molecule has 0 radical (unpaired) electrons. The van der Waals surface area contributed by atoms with Gasteiger partial charge < -0.3 is 16.0 Å². The third-order valence-corrected chi connectivity index (χ3v) is 3.99. The molecule has 8 nitrogen and oxygen atoms in total. The van der Waals surface area contributed by atoms with E-state index in [0.29, 0.717) is 11.4 Å². The van der Waals surface area contributed by atoms with Gasteiger partial charge in [0, 0.05) is 17.5 Å². The third kappa shape index (κ3) is 3.39. The average molecular weight is 352 g/mol. The quantitative estimate of drug-likeness (QED) is 0.580. The Hall–Kier alpha value is -3.68. The van der Waals surface area contributed by atoms with Crippen LogP contribution in [0.15, 0.2) is 65.9 Å². The monoisotopic (exact) mass is 352 g/mol. The lowest BCUT2D eigenvalue weighted by Gasteiger charge is -2.28. The molecule has 26 heavy (non-hydrogen) atoms. The number of hydrogen-bond acceptors (Lipinski definition) is 4. The highest BCUT2D eigenvalue weighted by Crippen LogP contribution is 2.33. The lowest BCUT2D eigenvalue weighted by molar-refractivity contribution is -0.385. The Bertz CT molecular complexity index is 908. The van der Waals surface area contributed by atoms with Gasteiger partial charge in [-0.3, -0.25) is 14.9 Å². The summed E-state index contributed by atoms with van der Waals surface area (Å²) in [7, 11) is 0. The molecule has 0 bridgehead atoms. The predicted octanol–water partition coefficient (Wildman–Crippen LogP) is 2.86. The molecule has 3 rings (SSSR count). The van der Waals surface area contributed by atoms with Crippen LogP contribution in [0, 0.1) is 10.1 Å². The summed E-state index contributed by atoms with van der Waals surface area (Å²) in [6.45, 7) is 1.58. The molecule has 0 unspecified atom stereocenters. The zero-order valence-corrected chi connectivity index (χ0v) is 13.9. The summed E-state index contributed by atoms with van der Waals surface area (Å²) >= 11 is 0. The number of allylic oxidation sites excluding steroid dienone is 1. The van der Waals surface area contributed by atoms with Crippen molar-refractivity contribution in [3.8, 4) is 0 Å². The Kier molecular flexibility index (Phi) is 4.66. The fraction of sp³-hybridized carbons (Fsp3) is 0.111. The van der Waals surface area contributed by atoms with Crippen LogP contribution in [0.4, 0.5) is 16.2 Å². The predicted molar refractivity (Wildman–Crippen MR) is 95.3 cm³/mol. The number of nitrogens with zero attached hydrogens (tertiary/aromatic N) is 1. The fourth-order valence-corrected chi connectivity index (χ4v) is 2.85. The van der Waals surface area contributed by atoms with Gasteiger partial charge in [-0.1, -0.05) is 30.3 Å². The summed E-state index contributed by atoms with van der Waals surface area (Å²) in [4.78, 5) is 35.5. The lowest BCUT2D eigenvalue weighted by atomic mass is 9.93. The highest BCUT2D eigenvalue weighted by Gasteiger charge is 2.34. The number of urea groups is 1. The van der Waals surface area contributed by atoms with E-state index in [1.807, 2.05) is 6.07 Å². The van der Waals surface area contributed by atoms with E-state index >= 15 is 0 Å². The molecule has 2 aromatic carbocycles. The number of para-hydroxylation sites is 2. The topological polar surface area (TPSA) is 113 Å². The van der Waals surface area contributed by atoms with Crippen LogP contribution in [-0.2, 0) is 4.79 Å². The summed E-state index contributed by atoms with van der Waals surface area (Å²) < 4.78 is 0. The Morgan fingerprint density at radius 2 is 1.77 bits per heavy atom. The van der Waals surface area contributed by atoms with Crippen molar-refractivity contribution in [2.45, 2.75) is 13.0 Å². The van der Waals surface area contributed by atoms with Crippen molar-refractivity contribution in [2.75, 3.05) is 5.32 Å². The van der Waals surface area contributed by atoms with Crippen molar-refractivity contribution < 1.29 is 14.5 Å². The fourth-order valence-electron chi connectivity index (χ4n) is 2.85. The molecule has 0 spiro atoms. The Morgan fingerprint density at radius 3 is 2.46 bits per heavy atom. The highest BCUT2D eigenvalue weighted by atomic mass is 16.6. The highest BCUT2D eigenvalue weighted by molar-refractivity contribution is 6.06. The minimum absolute atomic E-state index is 0.169. The minimum atomic E-state index is -0.936. The third-order valence-electron chi connectivity index (χ3n) is 3.99. The molecule has 2 aromatic rings. The van der Waals surface area contributed by atoms with Crippen LogP contribution in [0.1, 0.15) is 18.5 Å². The number of amides is 3. The van der Waals surface area contributed by atoms with E-state index in [4.69, 9.17) is 0 Å². The molecule has 3 N–H and O–H groups in total. The smallest absolute Gasteiger partial charge is 0.319 e. The molecule has 1 heterocycles. The molecule has 0 aliphatic carbocycles. The normalized spacial score (nSPS) is 16.5. The molecule has 0 fully saturated rings. The second-order valence-corrected chi connectivity index (χ2v) is 5.71. The molecule has 1 atom stereocenters. The first kappa shape index (κ1) is 17.2. The Morgan fingerprint density at radius 1 is 1.12 bits per heavy atom. The van der Waals surface area contributed by atoms with E-state index in [1.54, 1.807) is 37.3 Å². The molecule has 0 saturated heterocycles. The minimum Gasteiger partial charge on any atom is -0.326 e. The number of anilines is 1. The number of benzene rings is 2. The first-order chi connectivity index (χ1) is 12.5. The summed E-state index contributed by atoms with van der Waals surface area (Å²) in [6.07, 6.45) is 0. The Balaban J connectivity index is 2.03. The number of nitrogens with one attached hydrogen (secondary N) is 3. The van der Waals surface area contributed by atoms with Gasteiger partial charge in [0.05, 0.1) is 22.1 Å². The summed E-state index contributed by atoms with van der Waals surface area (Å²) in [5, 5.41) is 19.2. The van der Waals surface area contributed by atoms with E-state index in [9.17, 15) is 19.7 Å². The zero-order valence-electron chi connectivity index (χ0n) is 13.9. The van der Waals surface area contributed by atoms with Gasteiger partial charge in [-0.15, -0.1) is 0 Å². The number of rotatable bonds is 4. The van der Waals surface area contributed by atoms with Crippen LogP contribution < -0.4 is 16.0 Å². The van der Waals surface area contributed by atoms with Crippen molar-refractivity contribution >= 4 is 23.3 Å². The van der Waals surface area contributed by atoms with Crippen molar-refractivity contribution in [1.82, 2.24) is 10.6 Å². The van der Waals surface area contributed by atoms with E-state index < -0.39 is 22.9 Å². The second-order valence-electron chi connectivity index (χ2n) is 5.71. The van der Waals surface area contributed by atoms with Gasteiger partial charge >= 0.3 is 6.03 Å². The molecular formula is C18H16N4O4. The summed E-state index contributed by atoms with van der Waals surface area (Å²) in [6, 6.07) is 13.4. The number of nitro groups is 1. The van der Waals surface area contributed by atoms with Crippen LogP contribution in [0.25, 0.3) is 0 Å². The van der Waals surface area contributed by atoms with Gasteiger partial charge in [-0.05, 0) is 25.1 Å². The molecule has 1 aliphatic heterocycles. The van der Waals surface area contributed by atoms with Crippen LogP contribution in [-0.4, -0.2) is 16.9 Å². The van der Waals surface area contributed by atoms with Crippen molar-refractivity contribution in [3.63, 3.8) is 0 Å². The second kappa shape index (κ2) is 7.06. The molecule has 3 amide bonds. The van der Waals surface area contributed by atoms with Gasteiger partial charge in [-0.2, -0.15) is 0 Å². The molecule has 0 aromatic heterocycles. The summed E-state index contributed by atoms with van der Waals surface area (Å²) in [5.41, 5.74) is 1.20. The molecule has 132 valence electrons. The van der Waals surface area contributed by atoms with Gasteiger partial charge in [-0.25, -0.2) is 4.79 Å². The average Bonchev–Trinajstić information content (AvgIpc) is 2.61. The number of hydrogen-bond donors (Lipinski definition) is 3. The molecule has 0 saturated carbocycles. The largest absolute Gasteiger partial charge is 0.326 e. The van der Waals surface area contributed by atoms with Crippen molar-refractivity contribution in [2.24, 2.45) is 0 Å². The number of carbonyl (C=O) groups excluding carboxylic acids is 2. The van der Waals surface area contributed by atoms with Crippen LogP contribution >= 0.6 is 0 Å². The lowest BCUT2D eigenvalue weighted by Crippen LogP contribution is -2.46. The molecular weight excluding hydrogens is 336 g/mol. The van der Waals surface area contributed by atoms with E-state index in [1.165, 1.54) is 18.2 Å². The van der Waals surface area contributed by atoms with Gasteiger partial charge in [0.1, 0.15) is 0 Å². The van der Waals surface area contributed by atoms with Gasteiger partial charge in [0.2, 0.25) is 0 Å². The maximum Gasteiger partial charge on any atom is 0.319 e. The van der Waals surface area contributed by atoms with Gasteiger partial charge in [0.25, 0.3) is 11.6 Å². The first-order valence-corrected chi connectivity index (χ1v) is 7.85. The standard InChI is InChI=1S/C18H16N4O4/c1-11-15(17(23)20-12-7-3-2-4-8-12)16(21-18(24)19-11)13-9-5-6-10-14(13)22(25)26/h2-10,16H,1H3,(H,20,23)(H2,19,21,24)/t16-/m0/s1. The van der Waals surface area contributed by atoms with E-state index in [-0.39, 0.29) is 16.8 Å². The first-order valence-electron chi connectivity index (χ1n) is 7.85. The molecule has 1 aliphatic rings. The maximum atomic E-state index is 12.8. The Labute approximate surface area is 149 Å². The maximum absolute atomic E-state index is 12.8. The van der Waals surface area contributed by atoms with Crippen LogP contribution in [0.2, 0.25) is 0 Å². The summed E-state index contributed by atoms with van der Waals surface area (Å²) in [5.74, 6) is -0.454.